The van der Waals surface area contributed by atoms with Crippen molar-refractivity contribution in [2.45, 2.75) is 45.6 Å². The topological polar surface area (TPSA) is 62.3 Å². The molecule has 0 aliphatic carbocycles. The summed E-state index contributed by atoms with van der Waals surface area (Å²) in [5.74, 6) is 1.98. The van der Waals surface area contributed by atoms with Crippen molar-refractivity contribution < 1.29 is 8.42 Å². The van der Waals surface area contributed by atoms with E-state index in [1.807, 2.05) is 6.20 Å². The predicted molar refractivity (Wildman–Crippen MR) is 90.6 cm³/mol. The van der Waals surface area contributed by atoms with E-state index in [1.54, 1.807) is 4.31 Å². The van der Waals surface area contributed by atoms with Crippen molar-refractivity contribution in [1.82, 2.24) is 9.29 Å². The van der Waals surface area contributed by atoms with Crippen LogP contribution >= 0.6 is 0 Å². The Bertz CT molecular complexity index is 593. The van der Waals surface area contributed by atoms with E-state index in [2.05, 4.69) is 43.2 Å². The zero-order chi connectivity index (χ0) is 16.3. The number of rotatable bonds is 5. The Morgan fingerprint density at radius 3 is 2.45 bits per heavy atom. The SMILES string of the molecule is CC(C)C(C)c1ccnc(NC2CCN(S(C)(=O)=O)CC2)c1. The summed E-state index contributed by atoms with van der Waals surface area (Å²) in [7, 11) is -3.06. The molecule has 124 valence electrons. The highest BCUT2D eigenvalue weighted by Crippen LogP contribution is 2.25. The van der Waals surface area contributed by atoms with Crippen molar-refractivity contribution in [3.05, 3.63) is 23.9 Å². The molecule has 1 saturated heterocycles. The van der Waals surface area contributed by atoms with Crippen LogP contribution in [0.4, 0.5) is 5.82 Å². The van der Waals surface area contributed by atoms with E-state index in [4.69, 9.17) is 0 Å². The van der Waals surface area contributed by atoms with Gasteiger partial charge in [0.05, 0.1) is 6.26 Å². The Balaban J connectivity index is 1.97. The number of hydrogen-bond donors (Lipinski definition) is 1. The molecule has 0 bridgehead atoms. The molecule has 2 rings (SSSR count). The second-order valence-electron chi connectivity index (χ2n) is 6.59. The van der Waals surface area contributed by atoms with Gasteiger partial charge >= 0.3 is 0 Å². The Labute approximate surface area is 134 Å². The zero-order valence-corrected chi connectivity index (χ0v) is 14.7. The van der Waals surface area contributed by atoms with Crippen molar-refractivity contribution >= 4 is 15.8 Å². The first-order valence-corrected chi connectivity index (χ1v) is 9.80. The molecule has 0 aromatic carbocycles. The van der Waals surface area contributed by atoms with Gasteiger partial charge in [-0.1, -0.05) is 20.8 Å². The van der Waals surface area contributed by atoms with Gasteiger partial charge in [0, 0.05) is 25.3 Å². The largest absolute Gasteiger partial charge is 0.367 e. The van der Waals surface area contributed by atoms with Gasteiger partial charge in [-0.15, -0.1) is 0 Å². The minimum absolute atomic E-state index is 0.287. The molecule has 1 fully saturated rings. The van der Waals surface area contributed by atoms with Gasteiger partial charge in [-0.2, -0.15) is 0 Å². The van der Waals surface area contributed by atoms with Gasteiger partial charge in [0.15, 0.2) is 0 Å². The van der Waals surface area contributed by atoms with E-state index in [-0.39, 0.29) is 6.04 Å². The number of piperidine rings is 1. The number of nitrogens with zero attached hydrogens (tertiary/aromatic N) is 2. The Hall–Kier alpha value is -1.14. The lowest BCUT2D eigenvalue weighted by atomic mass is 9.91. The van der Waals surface area contributed by atoms with Crippen molar-refractivity contribution in [3.63, 3.8) is 0 Å². The van der Waals surface area contributed by atoms with Crippen LogP contribution in [0.5, 0.6) is 0 Å². The molecule has 0 amide bonds. The quantitative estimate of drug-likeness (QED) is 0.904. The average molecular weight is 325 g/mol. The first-order valence-electron chi connectivity index (χ1n) is 7.95. The molecule has 1 N–H and O–H groups in total. The van der Waals surface area contributed by atoms with Gasteiger partial charge < -0.3 is 5.32 Å². The number of pyridine rings is 1. The molecule has 22 heavy (non-hydrogen) atoms. The number of sulfonamides is 1. The molecular formula is C16H27N3O2S. The van der Waals surface area contributed by atoms with Gasteiger partial charge in [-0.05, 0) is 42.4 Å². The van der Waals surface area contributed by atoms with E-state index in [1.165, 1.54) is 11.8 Å². The molecule has 1 aliphatic heterocycles. The van der Waals surface area contributed by atoms with Crippen molar-refractivity contribution in [2.75, 3.05) is 24.7 Å². The van der Waals surface area contributed by atoms with Gasteiger partial charge in [0.2, 0.25) is 10.0 Å². The molecule has 2 heterocycles. The lowest BCUT2D eigenvalue weighted by Gasteiger charge is -2.31. The summed E-state index contributed by atoms with van der Waals surface area (Å²) < 4.78 is 24.6. The smallest absolute Gasteiger partial charge is 0.211 e. The summed E-state index contributed by atoms with van der Waals surface area (Å²) in [4.78, 5) is 4.40. The van der Waals surface area contributed by atoms with E-state index >= 15 is 0 Å². The van der Waals surface area contributed by atoms with Crippen LogP contribution in [0.3, 0.4) is 0 Å². The first-order chi connectivity index (χ1) is 10.3. The summed E-state index contributed by atoms with van der Waals surface area (Å²) in [5.41, 5.74) is 1.29. The van der Waals surface area contributed by atoms with Crippen LogP contribution in [0.2, 0.25) is 0 Å². The minimum Gasteiger partial charge on any atom is -0.367 e. The van der Waals surface area contributed by atoms with E-state index in [0.29, 0.717) is 24.9 Å². The normalized spacial score (nSPS) is 19.3. The molecule has 1 atom stereocenters. The lowest BCUT2D eigenvalue weighted by molar-refractivity contribution is 0.331. The average Bonchev–Trinajstić information content (AvgIpc) is 2.46. The molecule has 5 nitrogen and oxygen atoms in total. The van der Waals surface area contributed by atoms with Crippen molar-refractivity contribution in [1.29, 1.82) is 0 Å². The van der Waals surface area contributed by atoms with Crippen LogP contribution in [0.1, 0.15) is 45.1 Å². The third kappa shape index (κ3) is 4.43. The van der Waals surface area contributed by atoms with Gasteiger partial charge in [-0.25, -0.2) is 17.7 Å². The second kappa shape index (κ2) is 6.96. The maximum Gasteiger partial charge on any atom is 0.211 e. The molecular weight excluding hydrogens is 298 g/mol. The Kier molecular flexibility index (Phi) is 5.45. The molecule has 0 saturated carbocycles. The fraction of sp³-hybridized carbons (Fsp3) is 0.688. The van der Waals surface area contributed by atoms with Gasteiger partial charge in [-0.3, -0.25) is 0 Å². The highest BCUT2D eigenvalue weighted by Gasteiger charge is 2.25. The first kappa shape index (κ1) is 17.2. The van der Waals surface area contributed by atoms with Gasteiger partial charge in [0.1, 0.15) is 5.82 Å². The highest BCUT2D eigenvalue weighted by atomic mass is 32.2. The Morgan fingerprint density at radius 2 is 1.91 bits per heavy atom. The number of anilines is 1. The van der Waals surface area contributed by atoms with Crippen LogP contribution in [-0.4, -0.2) is 43.1 Å². The molecule has 1 aromatic rings. The summed E-state index contributed by atoms with van der Waals surface area (Å²) >= 11 is 0. The summed E-state index contributed by atoms with van der Waals surface area (Å²) in [6.07, 6.45) is 4.76. The van der Waals surface area contributed by atoms with Crippen molar-refractivity contribution in [2.24, 2.45) is 5.92 Å². The predicted octanol–water partition coefficient (Wildman–Crippen LogP) is 2.68. The molecule has 0 spiro atoms. The number of aromatic nitrogens is 1. The molecule has 0 radical (unpaired) electrons. The number of nitrogens with one attached hydrogen (secondary N) is 1. The van der Waals surface area contributed by atoms with Crippen LogP contribution in [-0.2, 0) is 10.0 Å². The third-order valence-electron chi connectivity index (χ3n) is 4.58. The third-order valence-corrected chi connectivity index (χ3v) is 5.89. The second-order valence-corrected chi connectivity index (χ2v) is 8.57. The van der Waals surface area contributed by atoms with E-state index in [0.717, 1.165) is 18.7 Å². The molecule has 1 aromatic heterocycles. The lowest BCUT2D eigenvalue weighted by Crippen LogP contribution is -2.41. The van der Waals surface area contributed by atoms with Crippen LogP contribution < -0.4 is 5.32 Å². The van der Waals surface area contributed by atoms with Crippen LogP contribution in [0, 0.1) is 5.92 Å². The van der Waals surface area contributed by atoms with Gasteiger partial charge in [0.25, 0.3) is 0 Å². The molecule has 1 unspecified atom stereocenters. The fourth-order valence-electron chi connectivity index (χ4n) is 2.73. The molecule has 6 heteroatoms. The minimum atomic E-state index is -3.06. The zero-order valence-electron chi connectivity index (χ0n) is 13.9. The van der Waals surface area contributed by atoms with Crippen molar-refractivity contribution in [3.8, 4) is 0 Å². The van der Waals surface area contributed by atoms with Crippen LogP contribution in [0.15, 0.2) is 18.3 Å². The molecule has 1 aliphatic rings. The fourth-order valence-corrected chi connectivity index (χ4v) is 3.61. The Morgan fingerprint density at radius 1 is 1.27 bits per heavy atom. The summed E-state index contributed by atoms with van der Waals surface area (Å²) in [5, 5.41) is 3.45. The summed E-state index contributed by atoms with van der Waals surface area (Å²) in [6, 6.07) is 4.48. The number of hydrogen-bond acceptors (Lipinski definition) is 4. The maximum atomic E-state index is 11.5. The highest BCUT2D eigenvalue weighted by molar-refractivity contribution is 7.88. The van der Waals surface area contributed by atoms with Crippen LogP contribution in [0.25, 0.3) is 0 Å². The van der Waals surface area contributed by atoms with E-state index in [9.17, 15) is 8.42 Å². The standard InChI is InChI=1S/C16H27N3O2S/c1-12(2)13(3)14-5-8-17-16(11-14)18-15-6-9-19(10-7-15)22(4,20)21/h5,8,11-13,15H,6-7,9-10H2,1-4H3,(H,17,18). The van der Waals surface area contributed by atoms with E-state index < -0.39 is 10.0 Å². The maximum absolute atomic E-state index is 11.5. The summed E-state index contributed by atoms with van der Waals surface area (Å²) in [6.45, 7) is 7.84. The monoisotopic (exact) mass is 325 g/mol.